The molecule has 3 nitrogen and oxygen atoms in total. The van der Waals surface area contributed by atoms with Gasteiger partial charge in [-0.1, -0.05) is 26.2 Å². The Morgan fingerprint density at radius 2 is 2.25 bits per heavy atom. The van der Waals surface area contributed by atoms with Gasteiger partial charge in [0.25, 0.3) is 0 Å². The van der Waals surface area contributed by atoms with Crippen LogP contribution in [-0.2, 0) is 4.74 Å². The van der Waals surface area contributed by atoms with E-state index in [1.807, 2.05) is 0 Å². The van der Waals surface area contributed by atoms with E-state index in [0.29, 0.717) is 12.5 Å². The van der Waals surface area contributed by atoms with Gasteiger partial charge >= 0.3 is 0 Å². The highest BCUT2D eigenvalue weighted by molar-refractivity contribution is 4.78. The van der Waals surface area contributed by atoms with Crippen LogP contribution in [0.25, 0.3) is 0 Å². The van der Waals surface area contributed by atoms with Gasteiger partial charge in [0.15, 0.2) is 0 Å². The van der Waals surface area contributed by atoms with Crippen LogP contribution in [0.5, 0.6) is 0 Å². The molecular weight excluding hydrogens is 202 g/mol. The molecule has 3 atom stereocenters. The van der Waals surface area contributed by atoms with Gasteiger partial charge in [-0.2, -0.15) is 0 Å². The molecule has 0 amide bonds. The number of rotatable bonds is 7. The second-order valence-corrected chi connectivity index (χ2v) is 4.97. The molecule has 0 aromatic carbocycles. The maximum Gasteiger partial charge on any atom is 0.0692 e. The Balaban J connectivity index is 2.16. The second kappa shape index (κ2) is 8.04. The molecule has 3 heteroatoms. The number of nitrogens with one attached hydrogen (secondary N) is 1. The summed E-state index contributed by atoms with van der Waals surface area (Å²) in [6, 6.07) is 0. The van der Waals surface area contributed by atoms with Crippen LogP contribution in [0, 0.1) is 11.8 Å². The molecule has 0 bridgehead atoms. The quantitative estimate of drug-likeness (QED) is 0.654. The minimum atomic E-state index is -0.175. The summed E-state index contributed by atoms with van der Waals surface area (Å²) in [6.45, 7) is 4.52. The smallest absolute Gasteiger partial charge is 0.0692 e. The highest BCUT2D eigenvalue weighted by atomic mass is 16.5. The van der Waals surface area contributed by atoms with Gasteiger partial charge in [-0.25, -0.2) is 0 Å². The van der Waals surface area contributed by atoms with E-state index in [2.05, 4.69) is 12.2 Å². The van der Waals surface area contributed by atoms with Crippen molar-refractivity contribution in [2.45, 2.75) is 45.1 Å². The Morgan fingerprint density at radius 3 is 2.94 bits per heavy atom. The topological polar surface area (TPSA) is 41.5 Å². The zero-order valence-electron chi connectivity index (χ0n) is 10.7. The Hall–Kier alpha value is -0.120. The van der Waals surface area contributed by atoms with Crippen molar-refractivity contribution >= 4 is 0 Å². The van der Waals surface area contributed by atoms with E-state index in [1.54, 1.807) is 7.11 Å². The number of aliphatic hydroxyl groups excluding tert-OH is 1. The fourth-order valence-electron chi connectivity index (χ4n) is 2.64. The van der Waals surface area contributed by atoms with Crippen LogP contribution >= 0.6 is 0 Å². The van der Waals surface area contributed by atoms with Crippen molar-refractivity contribution in [1.82, 2.24) is 5.32 Å². The van der Waals surface area contributed by atoms with Crippen LogP contribution in [0.4, 0.5) is 0 Å². The summed E-state index contributed by atoms with van der Waals surface area (Å²) in [5.74, 6) is 1.35. The Labute approximate surface area is 99.6 Å². The first-order chi connectivity index (χ1) is 7.77. The number of hydrogen-bond donors (Lipinski definition) is 2. The highest BCUT2D eigenvalue weighted by Crippen LogP contribution is 2.32. The first-order valence-corrected chi connectivity index (χ1v) is 6.65. The third kappa shape index (κ3) is 4.81. The van der Waals surface area contributed by atoms with Crippen LogP contribution in [0.3, 0.4) is 0 Å². The van der Waals surface area contributed by atoms with E-state index >= 15 is 0 Å². The van der Waals surface area contributed by atoms with E-state index in [9.17, 15) is 5.11 Å². The van der Waals surface area contributed by atoms with E-state index < -0.39 is 0 Å². The van der Waals surface area contributed by atoms with Crippen LogP contribution in [0.15, 0.2) is 0 Å². The standard InChI is InChI=1S/C13H27NO2/c1-3-11-5-4-6-12(9-11)13(15)10-14-7-8-16-2/h11-15H,3-10H2,1-2H3. The average Bonchev–Trinajstić information content (AvgIpc) is 2.34. The van der Waals surface area contributed by atoms with Gasteiger partial charge in [-0.15, -0.1) is 0 Å². The van der Waals surface area contributed by atoms with Crippen molar-refractivity contribution < 1.29 is 9.84 Å². The van der Waals surface area contributed by atoms with Gasteiger partial charge in [0.05, 0.1) is 12.7 Å². The Morgan fingerprint density at radius 1 is 1.44 bits per heavy atom. The zero-order chi connectivity index (χ0) is 11.8. The molecule has 1 saturated carbocycles. The normalized spacial score (nSPS) is 27.9. The Bertz CT molecular complexity index is 175. The third-order valence-corrected chi connectivity index (χ3v) is 3.78. The molecule has 0 saturated heterocycles. The summed E-state index contributed by atoms with van der Waals surface area (Å²) >= 11 is 0. The summed E-state index contributed by atoms with van der Waals surface area (Å²) in [4.78, 5) is 0. The van der Waals surface area contributed by atoms with E-state index in [0.717, 1.165) is 19.1 Å². The van der Waals surface area contributed by atoms with Gasteiger partial charge in [0.2, 0.25) is 0 Å². The fraction of sp³-hybridized carbons (Fsp3) is 1.00. The largest absolute Gasteiger partial charge is 0.392 e. The number of hydrogen-bond acceptors (Lipinski definition) is 3. The molecule has 1 aliphatic rings. The number of ether oxygens (including phenoxy) is 1. The lowest BCUT2D eigenvalue weighted by atomic mass is 9.77. The molecule has 1 aliphatic carbocycles. The van der Waals surface area contributed by atoms with E-state index in [1.165, 1.54) is 32.1 Å². The molecule has 0 aromatic heterocycles. The van der Waals surface area contributed by atoms with Gasteiger partial charge in [0, 0.05) is 20.2 Å². The van der Waals surface area contributed by atoms with Crippen LogP contribution in [-0.4, -0.2) is 38.0 Å². The Kier molecular flexibility index (Phi) is 7.01. The predicted molar refractivity (Wildman–Crippen MR) is 66.5 cm³/mol. The minimum Gasteiger partial charge on any atom is -0.392 e. The first kappa shape index (κ1) is 13.9. The monoisotopic (exact) mass is 229 g/mol. The SMILES string of the molecule is CCC1CCCC(C(O)CNCCOC)C1. The number of methoxy groups -OCH3 is 1. The van der Waals surface area contributed by atoms with Crippen molar-refractivity contribution in [2.75, 3.05) is 26.8 Å². The van der Waals surface area contributed by atoms with Crippen molar-refractivity contribution in [1.29, 1.82) is 0 Å². The van der Waals surface area contributed by atoms with E-state index in [4.69, 9.17) is 4.74 Å². The third-order valence-electron chi connectivity index (χ3n) is 3.78. The summed E-state index contributed by atoms with van der Waals surface area (Å²) in [5, 5.41) is 13.3. The van der Waals surface area contributed by atoms with Crippen molar-refractivity contribution in [3.63, 3.8) is 0 Å². The number of aliphatic hydroxyl groups is 1. The average molecular weight is 229 g/mol. The van der Waals surface area contributed by atoms with E-state index in [-0.39, 0.29) is 6.10 Å². The molecule has 3 unspecified atom stereocenters. The first-order valence-electron chi connectivity index (χ1n) is 6.65. The molecule has 0 aliphatic heterocycles. The van der Waals surface area contributed by atoms with Crippen molar-refractivity contribution in [2.24, 2.45) is 11.8 Å². The molecule has 2 N–H and O–H groups in total. The lowest BCUT2D eigenvalue weighted by Crippen LogP contribution is -2.36. The van der Waals surface area contributed by atoms with Crippen LogP contribution < -0.4 is 5.32 Å². The molecule has 16 heavy (non-hydrogen) atoms. The summed E-state index contributed by atoms with van der Waals surface area (Å²) < 4.78 is 4.96. The van der Waals surface area contributed by atoms with Gasteiger partial charge < -0.3 is 15.2 Å². The van der Waals surface area contributed by atoms with Crippen molar-refractivity contribution in [3.8, 4) is 0 Å². The predicted octanol–water partition coefficient (Wildman–Crippen LogP) is 1.80. The van der Waals surface area contributed by atoms with Gasteiger partial charge in [-0.05, 0) is 24.7 Å². The highest BCUT2D eigenvalue weighted by Gasteiger charge is 2.25. The minimum absolute atomic E-state index is 0.175. The molecule has 1 fully saturated rings. The lowest BCUT2D eigenvalue weighted by Gasteiger charge is -2.31. The summed E-state index contributed by atoms with van der Waals surface area (Å²) in [6.07, 6.45) is 6.15. The molecule has 96 valence electrons. The zero-order valence-corrected chi connectivity index (χ0v) is 10.7. The molecule has 0 aromatic rings. The summed E-state index contributed by atoms with van der Waals surface area (Å²) in [7, 11) is 1.70. The van der Waals surface area contributed by atoms with Crippen molar-refractivity contribution in [3.05, 3.63) is 0 Å². The molecule has 0 spiro atoms. The molecule has 1 rings (SSSR count). The maximum absolute atomic E-state index is 10.1. The second-order valence-electron chi connectivity index (χ2n) is 4.97. The van der Waals surface area contributed by atoms with Crippen LogP contribution in [0.1, 0.15) is 39.0 Å². The van der Waals surface area contributed by atoms with Gasteiger partial charge in [0.1, 0.15) is 0 Å². The fourth-order valence-corrected chi connectivity index (χ4v) is 2.64. The van der Waals surface area contributed by atoms with Gasteiger partial charge in [-0.3, -0.25) is 0 Å². The molecular formula is C13H27NO2. The molecule has 0 radical (unpaired) electrons. The summed E-state index contributed by atoms with van der Waals surface area (Å²) in [5.41, 5.74) is 0. The maximum atomic E-state index is 10.1. The molecule has 0 heterocycles. The van der Waals surface area contributed by atoms with Crippen LogP contribution in [0.2, 0.25) is 0 Å². The lowest BCUT2D eigenvalue weighted by molar-refractivity contribution is 0.0663.